The SMILES string of the molecule is CC1CCN(C(=O)CS(=O)(=O)Nc2ccc(OC(C)C)cc2)CC1. The molecule has 1 aliphatic heterocycles. The van der Waals surface area contributed by atoms with E-state index in [0.29, 0.717) is 30.4 Å². The predicted octanol–water partition coefficient (Wildman–Crippen LogP) is 2.47. The Kier molecular flexibility index (Phi) is 6.10. The fraction of sp³-hybridized carbons (Fsp3) is 0.588. The van der Waals surface area contributed by atoms with Crippen molar-refractivity contribution in [2.75, 3.05) is 23.6 Å². The minimum atomic E-state index is -3.71. The van der Waals surface area contributed by atoms with Crippen molar-refractivity contribution >= 4 is 21.6 Å². The summed E-state index contributed by atoms with van der Waals surface area (Å²) in [4.78, 5) is 13.8. The van der Waals surface area contributed by atoms with E-state index in [-0.39, 0.29) is 12.0 Å². The number of nitrogens with zero attached hydrogens (tertiary/aromatic N) is 1. The second-order valence-corrected chi connectivity index (χ2v) is 8.34. The third kappa shape index (κ3) is 5.70. The van der Waals surface area contributed by atoms with Crippen molar-refractivity contribution in [2.45, 2.75) is 39.7 Å². The van der Waals surface area contributed by atoms with Crippen LogP contribution in [0.1, 0.15) is 33.6 Å². The van der Waals surface area contributed by atoms with Gasteiger partial charge >= 0.3 is 0 Å². The zero-order valence-electron chi connectivity index (χ0n) is 14.5. The van der Waals surface area contributed by atoms with E-state index in [1.54, 1.807) is 29.2 Å². The number of ether oxygens (including phenoxy) is 1. The molecule has 0 unspecified atom stereocenters. The van der Waals surface area contributed by atoms with Crippen LogP contribution in [0, 0.1) is 5.92 Å². The maximum absolute atomic E-state index is 12.2. The topological polar surface area (TPSA) is 75.7 Å². The van der Waals surface area contributed by atoms with Crippen LogP contribution in [0.15, 0.2) is 24.3 Å². The van der Waals surface area contributed by atoms with Crippen molar-refractivity contribution in [2.24, 2.45) is 5.92 Å². The number of carbonyl (C=O) groups is 1. The summed E-state index contributed by atoms with van der Waals surface area (Å²) in [6.45, 7) is 7.26. The molecule has 7 heteroatoms. The monoisotopic (exact) mass is 354 g/mol. The van der Waals surface area contributed by atoms with Gasteiger partial charge in [-0.2, -0.15) is 0 Å². The van der Waals surface area contributed by atoms with Gasteiger partial charge in [-0.05, 0) is 56.9 Å². The van der Waals surface area contributed by atoms with Crippen LogP contribution in [0.4, 0.5) is 5.69 Å². The van der Waals surface area contributed by atoms with Gasteiger partial charge in [0.15, 0.2) is 0 Å². The minimum Gasteiger partial charge on any atom is -0.491 e. The minimum absolute atomic E-state index is 0.0532. The average Bonchev–Trinajstić information content (AvgIpc) is 2.48. The largest absolute Gasteiger partial charge is 0.491 e. The summed E-state index contributed by atoms with van der Waals surface area (Å²) in [7, 11) is -3.71. The Labute approximate surface area is 144 Å². The van der Waals surface area contributed by atoms with E-state index in [0.717, 1.165) is 12.8 Å². The Hall–Kier alpha value is -1.76. The Bertz CT molecular complexity index is 648. The summed E-state index contributed by atoms with van der Waals surface area (Å²) in [5.41, 5.74) is 0.422. The highest BCUT2D eigenvalue weighted by Gasteiger charge is 2.25. The smallest absolute Gasteiger partial charge is 0.241 e. The van der Waals surface area contributed by atoms with Gasteiger partial charge in [-0.15, -0.1) is 0 Å². The molecule has 2 rings (SSSR count). The molecule has 1 aromatic carbocycles. The van der Waals surface area contributed by atoms with Crippen LogP contribution in [0.5, 0.6) is 5.75 Å². The number of carbonyl (C=O) groups excluding carboxylic acids is 1. The fourth-order valence-corrected chi connectivity index (χ4v) is 3.68. The summed E-state index contributed by atoms with van der Waals surface area (Å²) in [6.07, 6.45) is 1.91. The quantitative estimate of drug-likeness (QED) is 0.851. The highest BCUT2D eigenvalue weighted by atomic mass is 32.2. The highest BCUT2D eigenvalue weighted by molar-refractivity contribution is 7.93. The number of rotatable bonds is 6. The number of sulfonamides is 1. The van der Waals surface area contributed by atoms with E-state index < -0.39 is 15.8 Å². The summed E-state index contributed by atoms with van der Waals surface area (Å²) >= 11 is 0. The molecular formula is C17H26N2O4S. The lowest BCUT2D eigenvalue weighted by Gasteiger charge is -2.30. The lowest BCUT2D eigenvalue weighted by atomic mass is 9.99. The number of hydrogen-bond acceptors (Lipinski definition) is 4. The Balaban J connectivity index is 1.92. The number of anilines is 1. The van der Waals surface area contributed by atoms with Crippen LogP contribution in [0.25, 0.3) is 0 Å². The van der Waals surface area contributed by atoms with Gasteiger partial charge in [0.2, 0.25) is 15.9 Å². The summed E-state index contributed by atoms with van der Waals surface area (Å²) < 4.78 is 32.3. The molecule has 1 aromatic rings. The molecule has 0 atom stereocenters. The molecule has 0 bridgehead atoms. The highest BCUT2D eigenvalue weighted by Crippen LogP contribution is 2.19. The first-order chi connectivity index (χ1) is 11.2. The molecule has 1 N–H and O–H groups in total. The Morgan fingerprint density at radius 3 is 2.38 bits per heavy atom. The van der Waals surface area contributed by atoms with Crippen molar-refractivity contribution in [3.05, 3.63) is 24.3 Å². The van der Waals surface area contributed by atoms with Crippen LogP contribution in [-0.4, -0.2) is 44.2 Å². The third-order valence-electron chi connectivity index (χ3n) is 3.95. The molecule has 1 saturated heterocycles. The molecule has 1 heterocycles. The molecule has 1 aliphatic rings. The van der Waals surface area contributed by atoms with Gasteiger partial charge in [-0.1, -0.05) is 6.92 Å². The van der Waals surface area contributed by atoms with Crippen molar-refractivity contribution in [1.29, 1.82) is 0 Å². The van der Waals surface area contributed by atoms with Gasteiger partial charge < -0.3 is 9.64 Å². The van der Waals surface area contributed by atoms with E-state index >= 15 is 0 Å². The summed E-state index contributed by atoms with van der Waals surface area (Å²) in [5, 5.41) is 0. The number of likely N-dealkylation sites (tertiary alicyclic amines) is 1. The lowest BCUT2D eigenvalue weighted by molar-refractivity contribution is -0.129. The van der Waals surface area contributed by atoms with Crippen molar-refractivity contribution in [3.8, 4) is 5.75 Å². The lowest BCUT2D eigenvalue weighted by Crippen LogP contribution is -2.41. The van der Waals surface area contributed by atoms with Crippen molar-refractivity contribution in [1.82, 2.24) is 4.90 Å². The van der Waals surface area contributed by atoms with Crippen molar-refractivity contribution < 1.29 is 17.9 Å². The third-order valence-corrected chi connectivity index (χ3v) is 5.12. The van der Waals surface area contributed by atoms with E-state index in [1.165, 1.54) is 0 Å². The normalized spacial score (nSPS) is 16.2. The van der Waals surface area contributed by atoms with E-state index in [4.69, 9.17) is 4.74 Å². The fourth-order valence-electron chi connectivity index (χ4n) is 2.60. The van der Waals surface area contributed by atoms with E-state index in [2.05, 4.69) is 11.6 Å². The zero-order valence-corrected chi connectivity index (χ0v) is 15.3. The van der Waals surface area contributed by atoms with E-state index in [9.17, 15) is 13.2 Å². The molecule has 0 aliphatic carbocycles. The van der Waals surface area contributed by atoms with Crippen LogP contribution in [-0.2, 0) is 14.8 Å². The summed E-state index contributed by atoms with van der Waals surface area (Å²) in [5.74, 6) is 0.405. The second-order valence-electron chi connectivity index (χ2n) is 6.62. The Morgan fingerprint density at radius 2 is 1.83 bits per heavy atom. The number of hydrogen-bond donors (Lipinski definition) is 1. The van der Waals surface area contributed by atoms with Crippen LogP contribution < -0.4 is 9.46 Å². The van der Waals surface area contributed by atoms with Gasteiger partial charge in [0.1, 0.15) is 11.5 Å². The van der Waals surface area contributed by atoms with Gasteiger partial charge in [-0.3, -0.25) is 9.52 Å². The number of piperidine rings is 1. The molecule has 24 heavy (non-hydrogen) atoms. The first-order valence-electron chi connectivity index (χ1n) is 8.30. The molecule has 0 saturated carbocycles. The molecule has 1 amide bonds. The first-order valence-corrected chi connectivity index (χ1v) is 9.95. The molecule has 0 aromatic heterocycles. The van der Waals surface area contributed by atoms with Gasteiger partial charge in [-0.25, -0.2) is 8.42 Å². The standard InChI is InChI=1S/C17H26N2O4S/c1-13(2)23-16-6-4-15(5-7-16)18-24(21,22)12-17(20)19-10-8-14(3)9-11-19/h4-7,13-14,18H,8-12H2,1-3H3. The molecule has 0 spiro atoms. The number of benzene rings is 1. The van der Waals surface area contributed by atoms with Gasteiger partial charge in [0.25, 0.3) is 0 Å². The second kappa shape index (κ2) is 7.88. The molecular weight excluding hydrogens is 328 g/mol. The maximum atomic E-state index is 12.2. The zero-order chi connectivity index (χ0) is 17.7. The van der Waals surface area contributed by atoms with Crippen molar-refractivity contribution in [3.63, 3.8) is 0 Å². The van der Waals surface area contributed by atoms with E-state index in [1.807, 2.05) is 13.8 Å². The molecule has 0 radical (unpaired) electrons. The summed E-state index contributed by atoms with van der Waals surface area (Å²) in [6, 6.07) is 6.65. The molecule has 134 valence electrons. The number of nitrogens with one attached hydrogen (secondary N) is 1. The molecule has 1 fully saturated rings. The maximum Gasteiger partial charge on any atom is 0.241 e. The average molecular weight is 354 g/mol. The van der Waals surface area contributed by atoms with Crippen LogP contribution in [0.2, 0.25) is 0 Å². The van der Waals surface area contributed by atoms with Gasteiger partial charge in [0.05, 0.1) is 6.10 Å². The van der Waals surface area contributed by atoms with Gasteiger partial charge in [0, 0.05) is 18.8 Å². The molecule has 6 nitrogen and oxygen atoms in total. The van der Waals surface area contributed by atoms with Crippen LogP contribution in [0.3, 0.4) is 0 Å². The first kappa shape index (κ1) is 18.6. The van der Waals surface area contributed by atoms with Crippen LogP contribution >= 0.6 is 0 Å². The Morgan fingerprint density at radius 1 is 1.25 bits per heavy atom. The number of amides is 1. The predicted molar refractivity (Wildman–Crippen MR) is 94.6 cm³/mol.